The highest BCUT2D eigenvalue weighted by atomic mass is 32.2. The smallest absolute Gasteiger partial charge is 0.242 e. The zero-order chi connectivity index (χ0) is 14.6. The lowest BCUT2D eigenvalue weighted by Gasteiger charge is -2.14. The van der Waals surface area contributed by atoms with E-state index >= 15 is 0 Å². The van der Waals surface area contributed by atoms with Gasteiger partial charge >= 0.3 is 0 Å². The van der Waals surface area contributed by atoms with E-state index in [0.29, 0.717) is 6.54 Å². The second-order valence-corrected chi connectivity index (χ2v) is 6.72. The molecular weight excluding hydrogens is 281 g/mol. The second kappa shape index (κ2) is 6.51. The summed E-state index contributed by atoms with van der Waals surface area (Å²) in [6, 6.07) is 3.34. The summed E-state index contributed by atoms with van der Waals surface area (Å²) in [6.45, 7) is 3.38. The van der Waals surface area contributed by atoms with Crippen LogP contribution in [0.25, 0.3) is 0 Å². The molecule has 1 aliphatic rings. The van der Waals surface area contributed by atoms with Gasteiger partial charge in [0.25, 0.3) is 0 Å². The van der Waals surface area contributed by atoms with Crippen molar-refractivity contribution < 1.29 is 12.8 Å². The number of halogens is 1. The lowest BCUT2D eigenvalue weighted by atomic mass is 10.3. The van der Waals surface area contributed by atoms with Crippen molar-refractivity contribution in [2.24, 2.45) is 0 Å². The molecule has 112 valence electrons. The highest BCUT2D eigenvalue weighted by Gasteiger charge is 2.18. The Bertz CT molecular complexity index is 557. The minimum absolute atomic E-state index is 0.0541. The molecule has 0 radical (unpaired) electrons. The van der Waals surface area contributed by atoms with Gasteiger partial charge in [-0.3, -0.25) is 0 Å². The van der Waals surface area contributed by atoms with Crippen LogP contribution in [-0.4, -0.2) is 39.5 Å². The van der Waals surface area contributed by atoms with E-state index in [1.807, 2.05) is 0 Å². The van der Waals surface area contributed by atoms with Crippen LogP contribution in [0.1, 0.15) is 19.3 Å². The first kappa shape index (κ1) is 15.2. The predicted octanol–water partition coefficient (Wildman–Crippen LogP) is 1.17. The van der Waals surface area contributed by atoms with Crippen molar-refractivity contribution in [2.45, 2.75) is 24.2 Å². The first-order valence-electron chi connectivity index (χ1n) is 6.76. The van der Waals surface area contributed by atoms with Gasteiger partial charge in [-0.2, -0.15) is 0 Å². The van der Waals surface area contributed by atoms with E-state index in [9.17, 15) is 12.8 Å². The van der Waals surface area contributed by atoms with Crippen molar-refractivity contribution in [1.82, 2.24) is 9.62 Å². The third-order valence-electron chi connectivity index (χ3n) is 3.41. The van der Waals surface area contributed by atoms with Gasteiger partial charge in [0.05, 0.1) is 5.69 Å². The number of sulfonamides is 1. The van der Waals surface area contributed by atoms with Gasteiger partial charge in [0, 0.05) is 6.54 Å². The van der Waals surface area contributed by atoms with Gasteiger partial charge < -0.3 is 10.6 Å². The van der Waals surface area contributed by atoms with E-state index in [-0.39, 0.29) is 10.6 Å². The largest absolute Gasteiger partial charge is 0.398 e. The molecule has 0 unspecified atom stereocenters. The minimum atomic E-state index is -3.74. The average Bonchev–Trinajstić information content (AvgIpc) is 2.90. The summed E-state index contributed by atoms with van der Waals surface area (Å²) in [4.78, 5) is 2.11. The number of nitrogen functional groups attached to an aromatic ring is 1. The number of likely N-dealkylation sites (tertiary alicyclic amines) is 1. The standard InChI is InChI=1S/C13H20FN3O2S/c14-11-4-5-12(15)13(10-11)20(18,19)16-6-3-9-17-7-1-2-8-17/h4-5,10,16H,1-3,6-9,15H2. The van der Waals surface area contributed by atoms with E-state index in [1.54, 1.807) is 0 Å². The fourth-order valence-electron chi connectivity index (χ4n) is 2.33. The normalized spacial score (nSPS) is 16.6. The minimum Gasteiger partial charge on any atom is -0.398 e. The third-order valence-corrected chi connectivity index (χ3v) is 4.92. The number of anilines is 1. The predicted molar refractivity (Wildman–Crippen MR) is 76.3 cm³/mol. The van der Waals surface area contributed by atoms with Crippen LogP contribution >= 0.6 is 0 Å². The molecule has 0 bridgehead atoms. The van der Waals surface area contributed by atoms with Crippen molar-refractivity contribution >= 4 is 15.7 Å². The Kier molecular flexibility index (Phi) is 4.95. The summed E-state index contributed by atoms with van der Waals surface area (Å²) in [7, 11) is -3.74. The van der Waals surface area contributed by atoms with Crippen LogP contribution in [0.5, 0.6) is 0 Å². The summed E-state index contributed by atoms with van der Waals surface area (Å²) in [5.74, 6) is -0.614. The first-order valence-corrected chi connectivity index (χ1v) is 8.24. The molecule has 3 N–H and O–H groups in total. The summed E-state index contributed by atoms with van der Waals surface area (Å²) in [5.41, 5.74) is 5.64. The number of benzene rings is 1. The lowest BCUT2D eigenvalue weighted by Crippen LogP contribution is -2.29. The first-order chi connectivity index (χ1) is 9.49. The maximum Gasteiger partial charge on any atom is 0.242 e. The van der Waals surface area contributed by atoms with Crippen LogP contribution in [0.4, 0.5) is 10.1 Å². The molecule has 2 rings (SSSR count). The monoisotopic (exact) mass is 301 g/mol. The highest BCUT2D eigenvalue weighted by molar-refractivity contribution is 7.89. The average molecular weight is 301 g/mol. The summed E-state index contributed by atoms with van der Waals surface area (Å²) >= 11 is 0. The van der Waals surface area contributed by atoms with Gasteiger partial charge in [-0.05, 0) is 57.1 Å². The van der Waals surface area contributed by atoms with Crippen LogP contribution in [0.15, 0.2) is 23.1 Å². The van der Waals surface area contributed by atoms with Crippen LogP contribution in [-0.2, 0) is 10.0 Å². The Morgan fingerprint density at radius 2 is 2.00 bits per heavy atom. The Labute approximate surface area is 119 Å². The zero-order valence-electron chi connectivity index (χ0n) is 11.3. The van der Waals surface area contributed by atoms with Crippen LogP contribution in [0.3, 0.4) is 0 Å². The fraction of sp³-hybridized carbons (Fsp3) is 0.538. The Morgan fingerprint density at radius 1 is 1.30 bits per heavy atom. The molecule has 5 nitrogen and oxygen atoms in total. The van der Waals surface area contributed by atoms with Crippen LogP contribution in [0.2, 0.25) is 0 Å². The summed E-state index contributed by atoms with van der Waals surface area (Å²) in [6.07, 6.45) is 3.16. The number of hydrogen-bond acceptors (Lipinski definition) is 4. The lowest BCUT2D eigenvalue weighted by molar-refractivity contribution is 0.334. The van der Waals surface area contributed by atoms with E-state index in [2.05, 4.69) is 9.62 Å². The molecule has 1 heterocycles. The second-order valence-electron chi connectivity index (χ2n) is 4.98. The van der Waals surface area contributed by atoms with Gasteiger partial charge in [-0.1, -0.05) is 0 Å². The van der Waals surface area contributed by atoms with Crippen LogP contribution in [0, 0.1) is 5.82 Å². The molecule has 1 aromatic carbocycles. The molecule has 1 aliphatic heterocycles. The maximum atomic E-state index is 13.1. The molecule has 0 spiro atoms. The van der Waals surface area contributed by atoms with Crippen molar-refractivity contribution in [2.75, 3.05) is 31.9 Å². The Hall–Kier alpha value is -1.18. The molecule has 0 amide bonds. The molecule has 20 heavy (non-hydrogen) atoms. The third kappa shape index (κ3) is 3.91. The van der Waals surface area contributed by atoms with Gasteiger partial charge in [0.15, 0.2) is 0 Å². The van der Waals surface area contributed by atoms with Crippen LogP contribution < -0.4 is 10.5 Å². The summed E-state index contributed by atoms with van der Waals surface area (Å²) < 4.78 is 39.6. The molecule has 0 atom stereocenters. The zero-order valence-corrected chi connectivity index (χ0v) is 12.1. The van der Waals surface area contributed by atoms with E-state index in [4.69, 9.17) is 5.73 Å². The van der Waals surface area contributed by atoms with Gasteiger partial charge in [-0.25, -0.2) is 17.5 Å². The topological polar surface area (TPSA) is 75.4 Å². The van der Waals surface area contributed by atoms with Crippen molar-refractivity contribution in [1.29, 1.82) is 0 Å². The molecule has 1 aromatic rings. The molecule has 1 saturated heterocycles. The SMILES string of the molecule is Nc1ccc(F)cc1S(=O)(=O)NCCCN1CCCC1. The number of nitrogens with two attached hydrogens (primary N) is 1. The Morgan fingerprint density at radius 3 is 2.70 bits per heavy atom. The number of hydrogen-bond donors (Lipinski definition) is 2. The van der Waals surface area contributed by atoms with Gasteiger partial charge in [0.2, 0.25) is 10.0 Å². The van der Waals surface area contributed by atoms with Gasteiger partial charge in [-0.15, -0.1) is 0 Å². The van der Waals surface area contributed by atoms with Gasteiger partial charge in [0.1, 0.15) is 10.7 Å². The molecule has 1 fully saturated rings. The molecule has 7 heteroatoms. The summed E-state index contributed by atoms with van der Waals surface area (Å²) in [5, 5.41) is 0. The van der Waals surface area contributed by atoms with Crippen molar-refractivity contribution in [3.05, 3.63) is 24.0 Å². The van der Waals surface area contributed by atoms with Crippen molar-refractivity contribution in [3.8, 4) is 0 Å². The van der Waals surface area contributed by atoms with E-state index in [1.165, 1.54) is 18.9 Å². The molecule has 0 aromatic heterocycles. The number of rotatable bonds is 6. The molecule has 0 aliphatic carbocycles. The highest BCUT2D eigenvalue weighted by Crippen LogP contribution is 2.19. The van der Waals surface area contributed by atoms with E-state index < -0.39 is 15.8 Å². The maximum absolute atomic E-state index is 13.1. The number of nitrogens with zero attached hydrogens (tertiary/aromatic N) is 1. The quantitative estimate of drug-likeness (QED) is 0.611. The molecular formula is C13H20FN3O2S. The Balaban J connectivity index is 1.88. The molecule has 0 saturated carbocycles. The number of nitrogens with one attached hydrogen (secondary N) is 1. The van der Waals surface area contributed by atoms with Crippen molar-refractivity contribution in [3.63, 3.8) is 0 Å². The van der Waals surface area contributed by atoms with E-state index in [0.717, 1.165) is 38.2 Å². The fourth-order valence-corrected chi connectivity index (χ4v) is 3.55.